The van der Waals surface area contributed by atoms with Crippen LogP contribution in [0.3, 0.4) is 0 Å². The largest absolute Gasteiger partial charge is 0.208 e. The van der Waals surface area contributed by atoms with Gasteiger partial charge in [-0.05, 0) is 70.2 Å². The molecule has 4 aliphatic rings. The maximum atomic E-state index is 2.42. The van der Waals surface area contributed by atoms with Gasteiger partial charge in [0.1, 0.15) is 14.1 Å². The van der Waals surface area contributed by atoms with Crippen molar-refractivity contribution in [2.75, 3.05) is 0 Å². The van der Waals surface area contributed by atoms with Gasteiger partial charge in [0.15, 0.2) is 24.8 Å². The van der Waals surface area contributed by atoms with Crippen LogP contribution in [0.25, 0.3) is 22.3 Å². The Morgan fingerprint density at radius 3 is 1.30 bits per heavy atom. The molecule has 30 heavy (non-hydrogen) atoms. The Balaban J connectivity index is 1.55. The second-order valence-corrected chi connectivity index (χ2v) is 8.49. The molecule has 4 aliphatic carbocycles. The van der Waals surface area contributed by atoms with Gasteiger partial charge in [-0.3, -0.25) is 0 Å². The van der Waals surface area contributed by atoms with E-state index in [2.05, 4.69) is 109 Å². The van der Waals surface area contributed by atoms with Crippen LogP contribution in [0.4, 0.5) is 0 Å². The van der Waals surface area contributed by atoms with Crippen molar-refractivity contribution in [2.45, 2.75) is 25.7 Å². The van der Waals surface area contributed by atoms with E-state index < -0.39 is 0 Å². The molecule has 0 unspecified atom stereocenters. The standard InChI is InChI=1S/C28H28N2/c1-29-15-11-25(12-16-29)27-19-21-3-7-23(27)9-5-22-4-8-24(10-6-21)28(20-22)26-13-17-30(2)18-14-26/h3-4,7-8,11-20H,5-6,9-10H2,1-2H3/q+2. The van der Waals surface area contributed by atoms with E-state index in [0.29, 0.717) is 0 Å². The molecule has 0 saturated carbocycles. The van der Waals surface area contributed by atoms with Gasteiger partial charge in [0.25, 0.3) is 0 Å². The highest BCUT2D eigenvalue weighted by atomic mass is 14.9. The SMILES string of the molecule is C[n+]1ccc(-c2cc3ccc2CCc2ccc(c(-c4cc[n+](C)cc4)c2)CC3)cc1. The summed E-state index contributed by atoms with van der Waals surface area (Å²) in [6.45, 7) is 0. The second-order valence-electron chi connectivity index (χ2n) is 8.49. The van der Waals surface area contributed by atoms with Crippen LogP contribution in [-0.2, 0) is 39.8 Å². The molecule has 2 nitrogen and oxygen atoms in total. The highest BCUT2D eigenvalue weighted by molar-refractivity contribution is 5.69. The number of rotatable bonds is 2. The number of hydrogen-bond acceptors (Lipinski definition) is 0. The molecule has 0 atom stereocenters. The van der Waals surface area contributed by atoms with Crippen LogP contribution in [0.1, 0.15) is 22.3 Å². The maximum Gasteiger partial charge on any atom is 0.169 e. The summed E-state index contributed by atoms with van der Waals surface area (Å²) in [5, 5.41) is 0. The van der Waals surface area contributed by atoms with E-state index in [4.69, 9.17) is 0 Å². The van der Waals surface area contributed by atoms with Crippen LogP contribution >= 0.6 is 0 Å². The van der Waals surface area contributed by atoms with Gasteiger partial charge in [-0.1, -0.05) is 36.4 Å². The van der Waals surface area contributed by atoms with Crippen molar-refractivity contribution in [1.82, 2.24) is 0 Å². The van der Waals surface area contributed by atoms with Crippen molar-refractivity contribution >= 4 is 0 Å². The zero-order valence-corrected chi connectivity index (χ0v) is 17.8. The topological polar surface area (TPSA) is 7.76 Å². The number of benzene rings is 2. The smallest absolute Gasteiger partial charge is 0.169 e. The van der Waals surface area contributed by atoms with Gasteiger partial charge in [-0.25, -0.2) is 9.13 Å². The molecule has 2 aromatic heterocycles. The summed E-state index contributed by atoms with van der Waals surface area (Å²) in [4.78, 5) is 0. The quantitative estimate of drug-likeness (QED) is 0.442. The van der Waals surface area contributed by atoms with Crippen LogP contribution in [-0.4, -0.2) is 0 Å². The van der Waals surface area contributed by atoms with Gasteiger partial charge >= 0.3 is 0 Å². The third-order valence-corrected chi connectivity index (χ3v) is 6.29. The zero-order chi connectivity index (χ0) is 20.5. The minimum atomic E-state index is 1.05. The number of nitrogens with zero attached hydrogens (tertiary/aromatic N) is 2. The van der Waals surface area contributed by atoms with Crippen molar-refractivity contribution in [3.05, 3.63) is 108 Å². The van der Waals surface area contributed by atoms with E-state index in [9.17, 15) is 0 Å². The van der Waals surface area contributed by atoms with E-state index in [0.717, 1.165) is 25.7 Å². The Kier molecular flexibility index (Phi) is 4.92. The van der Waals surface area contributed by atoms with Crippen LogP contribution in [0, 0.1) is 0 Å². The van der Waals surface area contributed by atoms with Crippen LogP contribution in [0.2, 0.25) is 0 Å². The minimum absolute atomic E-state index is 1.05. The molecule has 0 saturated heterocycles. The van der Waals surface area contributed by atoms with Crippen molar-refractivity contribution in [1.29, 1.82) is 0 Å². The van der Waals surface area contributed by atoms with Crippen LogP contribution in [0.5, 0.6) is 0 Å². The molecule has 0 fully saturated rings. The Bertz CT molecular complexity index is 1090. The highest BCUT2D eigenvalue weighted by Crippen LogP contribution is 2.30. The summed E-state index contributed by atoms with van der Waals surface area (Å²) in [6.07, 6.45) is 12.8. The molecule has 8 rings (SSSR count). The molecule has 2 aromatic carbocycles. The Labute approximate surface area is 179 Å². The van der Waals surface area contributed by atoms with Crippen molar-refractivity contribution in [3.63, 3.8) is 0 Å². The Morgan fingerprint density at radius 2 is 0.900 bits per heavy atom. The zero-order valence-electron chi connectivity index (χ0n) is 17.8. The van der Waals surface area contributed by atoms with E-state index in [-0.39, 0.29) is 0 Å². The predicted octanol–water partition coefficient (Wildman–Crippen LogP) is 4.55. The first-order chi connectivity index (χ1) is 14.7. The van der Waals surface area contributed by atoms with Gasteiger partial charge in [-0.2, -0.15) is 0 Å². The minimum Gasteiger partial charge on any atom is -0.208 e. The lowest BCUT2D eigenvalue weighted by molar-refractivity contribution is -0.671. The fourth-order valence-corrected chi connectivity index (χ4v) is 4.45. The summed E-state index contributed by atoms with van der Waals surface area (Å²) < 4.78 is 4.19. The van der Waals surface area contributed by atoms with Gasteiger partial charge < -0.3 is 0 Å². The van der Waals surface area contributed by atoms with Gasteiger partial charge in [-0.15, -0.1) is 0 Å². The average molecular weight is 393 g/mol. The highest BCUT2D eigenvalue weighted by Gasteiger charge is 2.13. The first-order valence-electron chi connectivity index (χ1n) is 10.8. The number of hydrogen-bond donors (Lipinski definition) is 0. The Hall–Kier alpha value is -3.26. The number of aryl methyl sites for hydroxylation is 6. The van der Waals surface area contributed by atoms with Gasteiger partial charge in [0.2, 0.25) is 0 Å². The first kappa shape index (κ1) is 18.7. The van der Waals surface area contributed by atoms with Crippen molar-refractivity contribution < 1.29 is 9.13 Å². The molecule has 4 aromatic rings. The fraction of sp³-hybridized carbons (Fsp3) is 0.214. The van der Waals surface area contributed by atoms with E-state index in [1.807, 2.05) is 0 Å². The third kappa shape index (κ3) is 3.78. The molecular weight excluding hydrogens is 364 g/mol. The number of pyridine rings is 2. The molecule has 2 heteroatoms. The van der Waals surface area contributed by atoms with E-state index in [1.165, 1.54) is 44.5 Å². The normalized spacial score (nSPS) is 13.1. The molecule has 2 heterocycles. The van der Waals surface area contributed by atoms with Crippen molar-refractivity contribution in [2.24, 2.45) is 14.1 Å². The molecule has 0 aliphatic heterocycles. The lowest BCUT2D eigenvalue weighted by Crippen LogP contribution is -2.25. The molecule has 0 amide bonds. The second kappa shape index (κ2) is 7.87. The third-order valence-electron chi connectivity index (χ3n) is 6.29. The van der Waals surface area contributed by atoms with Gasteiger partial charge in [0, 0.05) is 24.3 Å². The molecular formula is C28H28N2+2. The Morgan fingerprint density at radius 1 is 0.500 bits per heavy atom. The lowest BCUT2D eigenvalue weighted by Gasteiger charge is -2.17. The summed E-state index contributed by atoms with van der Waals surface area (Å²) in [7, 11) is 4.14. The van der Waals surface area contributed by atoms with Crippen LogP contribution < -0.4 is 9.13 Å². The molecule has 0 N–H and O–H groups in total. The monoisotopic (exact) mass is 392 g/mol. The molecule has 4 bridgehead atoms. The van der Waals surface area contributed by atoms with E-state index >= 15 is 0 Å². The summed E-state index contributed by atoms with van der Waals surface area (Å²) in [5.41, 5.74) is 11.1. The fourth-order valence-electron chi connectivity index (χ4n) is 4.45. The van der Waals surface area contributed by atoms with Crippen LogP contribution in [0.15, 0.2) is 85.5 Å². The molecule has 0 spiro atoms. The lowest BCUT2D eigenvalue weighted by atomic mass is 9.88. The predicted molar refractivity (Wildman–Crippen MR) is 121 cm³/mol. The maximum absolute atomic E-state index is 2.42. The summed E-state index contributed by atoms with van der Waals surface area (Å²) in [5.74, 6) is 0. The average Bonchev–Trinajstić information content (AvgIpc) is 2.76. The summed E-state index contributed by atoms with van der Waals surface area (Å²) >= 11 is 0. The molecule has 148 valence electrons. The van der Waals surface area contributed by atoms with Crippen molar-refractivity contribution in [3.8, 4) is 22.3 Å². The molecule has 0 radical (unpaired) electrons. The number of aromatic nitrogens is 2. The summed E-state index contributed by atoms with van der Waals surface area (Å²) in [6, 6.07) is 23.1. The van der Waals surface area contributed by atoms with E-state index in [1.54, 1.807) is 0 Å². The first-order valence-corrected chi connectivity index (χ1v) is 10.8. The van der Waals surface area contributed by atoms with Gasteiger partial charge in [0.05, 0.1) is 0 Å².